The normalized spacial score (nSPS) is 23.9. The quantitative estimate of drug-likeness (QED) is 0.764. The molecule has 0 radical (unpaired) electrons. The molecular weight excluding hydrogens is 248 g/mol. The van der Waals surface area contributed by atoms with Crippen molar-refractivity contribution in [2.75, 3.05) is 27.2 Å². The molecule has 0 aromatic carbocycles. The minimum atomic E-state index is -0.829. The molecule has 0 aromatic heterocycles. The molecule has 0 spiro atoms. The van der Waals surface area contributed by atoms with Gasteiger partial charge >= 0.3 is 12.1 Å². The van der Waals surface area contributed by atoms with Crippen molar-refractivity contribution in [3.63, 3.8) is 0 Å². The molecule has 19 heavy (non-hydrogen) atoms. The van der Waals surface area contributed by atoms with E-state index in [0.29, 0.717) is 13.0 Å². The number of nitrogens with zero attached hydrogens (tertiary/aromatic N) is 1. The van der Waals surface area contributed by atoms with Gasteiger partial charge in [0, 0.05) is 6.54 Å². The van der Waals surface area contributed by atoms with Gasteiger partial charge in [-0.15, -0.1) is 0 Å². The van der Waals surface area contributed by atoms with Crippen LogP contribution in [-0.2, 0) is 14.3 Å². The second-order valence-electron chi connectivity index (χ2n) is 5.83. The standard InChI is InChI=1S/C13H24N2O4/c1-12(2,3)19-11(17)15-8-6-7-13(9-15,14-4)10(16)18-5/h14H,6-9H2,1-5H3. The molecule has 1 amide bonds. The highest BCUT2D eigenvalue weighted by molar-refractivity contribution is 5.82. The number of piperidine rings is 1. The number of ether oxygens (including phenoxy) is 2. The summed E-state index contributed by atoms with van der Waals surface area (Å²) >= 11 is 0. The molecular formula is C13H24N2O4. The molecule has 0 bridgehead atoms. The maximum Gasteiger partial charge on any atom is 0.410 e. The number of nitrogens with one attached hydrogen (secondary N) is 1. The lowest BCUT2D eigenvalue weighted by molar-refractivity contribution is -0.150. The third-order valence-corrected chi connectivity index (χ3v) is 3.20. The number of hydrogen-bond donors (Lipinski definition) is 1. The molecule has 6 nitrogen and oxygen atoms in total. The third-order valence-electron chi connectivity index (χ3n) is 3.20. The molecule has 1 aliphatic heterocycles. The fraction of sp³-hybridized carbons (Fsp3) is 0.846. The molecule has 1 unspecified atom stereocenters. The largest absolute Gasteiger partial charge is 0.468 e. The van der Waals surface area contributed by atoms with Crippen LogP contribution >= 0.6 is 0 Å². The molecule has 1 N–H and O–H groups in total. The van der Waals surface area contributed by atoms with Gasteiger partial charge in [0.1, 0.15) is 11.1 Å². The summed E-state index contributed by atoms with van der Waals surface area (Å²) in [7, 11) is 3.06. The van der Waals surface area contributed by atoms with Crippen molar-refractivity contribution in [3.05, 3.63) is 0 Å². The predicted octanol–water partition coefficient (Wildman–Crippen LogP) is 1.15. The molecule has 0 aliphatic carbocycles. The van der Waals surface area contributed by atoms with Gasteiger partial charge in [-0.05, 0) is 40.7 Å². The summed E-state index contributed by atoms with van der Waals surface area (Å²) in [5.74, 6) is -0.344. The van der Waals surface area contributed by atoms with Gasteiger partial charge in [0.2, 0.25) is 0 Å². The van der Waals surface area contributed by atoms with Crippen molar-refractivity contribution in [1.82, 2.24) is 10.2 Å². The van der Waals surface area contributed by atoms with Gasteiger partial charge < -0.3 is 19.7 Å². The molecule has 1 rings (SSSR count). The molecule has 1 aliphatic rings. The van der Waals surface area contributed by atoms with E-state index in [-0.39, 0.29) is 12.5 Å². The number of carbonyl (C=O) groups excluding carboxylic acids is 2. The number of likely N-dealkylation sites (tertiary alicyclic amines) is 1. The first-order valence-electron chi connectivity index (χ1n) is 6.49. The monoisotopic (exact) mass is 272 g/mol. The van der Waals surface area contributed by atoms with Crippen LogP contribution in [0.4, 0.5) is 4.79 Å². The lowest BCUT2D eigenvalue weighted by Crippen LogP contribution is -2.62. The maximum atomic E-state index is 12.1. The van der Waals surface area contributed by atoms with Crippen LogP contribution in [0.1, 0.15) is 33.6 Å². The number of rotatable bonds is 2. The lowest BCUT2D eigenvalue weighted by Gasteiger charge is -2.40. The number of carbonyl (C=O) groups is 2. The minimum Gasteiger partial charge on any atom is -0.468 e. The summed E-state index contributed by atoms with van der Waals surface area (Å²) < 4.78 is 10.2. The Kier molecular flexibility index (Phi) is 4.79. The first-order valence-corrected chi connectivity index (χ1v) is 6.49. The second-order valence-corrected chi connectivity index (χ2v) is 5.83. The number of hydrogen-bond acceptors (Lipinski definition) is 5. The second kappa shape index (κ2) is 5.77. The zero-order valence-corrected chi connectivity index (χ0v) is 12.4. The predicted molar refractivity (Wildman–Crippen MR) is 70.8 cm³/mol. The molecule has 0 aromatic rings. The van der Waals surface area contributed by atoms with Gasteiger partial charge in [0.25, 0.3) is 0 Å². The first kappa shape index (κ1) is 15.8. The number of esters is 1. The van der Waals surface area contributed by atoms with E-state index >= 15 is 0 Å². The summed E-state index contributed by atoms with van der Waals surface area (Å²) in [5, 5.41) is 2.99. The molecule has 1 heterocycles. The fourth-order valence-corrected chi connectivity index (χ4v) is 2.21. The van der Waals surface area contributed by atoms with Gasteiger partial charge in [-0.2, -0.15) is 0 Å². The van der Waals surface area contributed by atoms with Crippen LogP contribution in [0.25, 0.3) is 0 Å². The Labute approximate surface area is 114 Å². The summed E-state index contributed by atoms with van der Waals surface area (Å²) in [6.45, 7) is 6.32. The van der Waals surface area contributed by atoms with Gasteiger partial charge in [0.15, 0.2) is 0 Å². The van der Waals surface area contributed by atoms with Crippen molar-refractivity contribution in [2.45, 2.75) is 44.8 Å². The highest BCUT2D eigenvalue weighted by Gasteiger charge is 2.44. The number of methoxy groups -OCH3 is 1. The SMILES string of the molecule is CNC1(C(=O)OC)CCCN(C(=O)OC(C)(C)C)C1. The molecule has 0 saturated carbocycles. The maximum absolute atomic E-state index is 12.1. The Morgan fingerprint density at radius 1 is 1.32 bits per heavy atom. The van der Waals surface area contributed by atoms with Crippen LogP contribution in [0.3, 0.4) is 0 Å². The summed E-state index contributed by atoms with van der Waals surface area (Å²) in [5.41, 5.74) is -1.37. The Morgan fingerprint density at radius 3 is 2.42 bits per heavy atom. The van der Waals surface area contributed by atoms with Crippen molar-refractivity contribution in [2.24, 2.45) is 0 Å². The van der Waals surface area contributed by atoms with E-state index < -0.39 is 17.2 Å². The Morgan fingerprint density at radius 2 is 1.95 bits per heavy atom. The van der Waals surface area contributed by atoms with Gasteiger partial charge in [0.05, 0.1) is 13.7 Å². The topological polar surface area (TPSA) is 67.9 Å². The van der Waals surface area contributed by atoms with Crippen molar-refractivity contribution < 1.29 is 19.1 Å². The molecule has 1 atom stereocenters. The molecule has 6 heteroatoms. The highest BCUT2D eigenvalue weighted by Crippen LogP contribution is 2.24. The van der Waals surface area contributed by atoms with Crippen LogP contribution in [-0.4, -0.2) is 55.3 Å². The zero-order chi connectivity index (χ0) is 14.7. The molecule has 110 valence electrons. The third kappa shape index (κ3) is 3.83. The van der Waals surface area contributed by atoms with Crippen molar-refractivity contribution >= 4 is 12.1 Å². The van der Waals surface area contributed by atoms with E-state index in [9.17, 15) is 9.59 Å². The van der Waals surface area contributed by atoms with E-state index in [1.54, 1.807) is 11.9 Å². The Bertz CT molecular complexity index is 351. The van der Waals surface area contributed by atoms with Crippen molar-refractivity contribution in [1.29, 1.82) is 0 Å². The molecule has 1 fully saturated rings. The number of amides is 1. The van der Waals surface area contributed by atoms with E-state index in [0.717, 1.165) is 6.42 Å². The number of likely N-dealkylation sites (N-methyl/N-ethyl adjacent to an activating group) is 1. The summed E-state index contributed by atoms with van der Waals surface area (Å²) in [6.07, 6.45) is 0.987. The Hall–Kier alpha value is -1.30. The smallest absolute Gasteiger partial charge is 0.410 e. The van der Waals surface area contributed by atoms with Crippen LogP contribution in [0.15, 0.2) is 0 Å². The van der Waals surface area contributed by atoms with E-state index in [1.165, 1.54) is 7.11 Å². The van der Waals surface area contributed by atoms with Crippen LogP contribution in [0.2, 0.25) is 0 Å². The van der Waals surface area contributed by atoms with E-state index in [4.69, 9.17) is 9.47 Å². The van der Waals surface area contributed by atoms with Crippen LogP contribution in [0, 0.1) is 0 Å². The van der Waals surface area contributed by atoms with Gasteiger partial charge in [-0.25, -0.2) is 9.59 Å². The van der Waals surface area contributed by atoms with Gasteiger partial charge in [-0.1, -0.05) is 0 Å². The van der Waals surface area contributed by atoms with Crippen LogP contribution < -0.4 is 5.32 Å². The van der Waals surface area contributed by atoms with Crippen LogP contribution in [0.5, 0.6) is 0 Å². The van der Waals surface area contributed by atoms with Gasteiger partial charge in [-0.3, -0.25) is 0 Å². The average Bonchev–Trinajstić information content (AvgIpc) is 2.35. The molecule has 1 saturated heterocycles. The summed E-state index contributed by atoms with van der Waals surface area (Å²) in [6, 6.07) is 0. The van der Waals surface area contributed by atoms with Crippen molar-refractivity contribution in [3.8, 4) is 0 Å². The first-order chi connectivity index (χ1) is 8.74. The fourth-order valence-electron chi connectivity index (χ4n) is 2.21. The zero-order valence-electron chi connectivity index (χ0n) is 12.4. The average molecular weight is 272 g/mol. The lowest BCUT2D eigenvalue weighted by atomic mass is 9.89. The summed E-state index contributed by atoms with van der Waals surface area (Å²) in [4.78, 5) is 25.5. The Balaban J connectivity index is 2.78. The van der Waals surface area contributed by atoms with E-state index in [2.05, 4.69) is 5.32 Å². The highest BCUT2D eigenvalue weighted by atomic mass is 16.6. The minimum absolute atomic E-state index is 0.269. The van der Waals surface area contributed by atoms with E-state index in [1.807, 2.05) is 20.8 Å².